The van der Waals surface area contributed by atoms with Gasteiger partial charge in [0.2, 0.25) is 0 Å². The van der Waals surface area contributed by atoms with Crippen LogP contribution < -0.4 is 5.32 Å². The standard InChI is InChI=1S/C15H17N/c1-11-4-5-14(10-12(11)2)13-6-8-15(16-3)9-7-13/h4-10,16H,1-3H3. The fraction of sp³-hybridized carbons (Fsp3) is 0.200. The van der Waals surface area contributed by atoms with Gasteiger partial charge >= 0.3 is 0 Å². The van der Waals surface area contributed by atoms with E-state index in [1.165, 1.54) is 22.3 Å². The molecule has 0 saturated carbocycles. The predicted octanol–water partition coefficient (Wildman–Crippen LogP) is 4.01. The van der Waals surface area contributed by atoms with Gasteiger partial charge in [0.1, 0.15) is 0 Å². The van der Waals surface area contributed by atoms with Gasteiger partial charge in [-0.05, 0) is 48.2 Å². The molecule has 0 aromatic heterocycles. The van der Waals surface area contributed by atoms with E-state index in [9.17, 15) is 0 Å². The van der Waals surface area contributed by atoms with Crippen molar-refractivity contribution < 1.29 is 0 Å². The lowest BCUT2D eigenvalue weighted by atomic mass is 10.0. The molecule has 0 aliphatic carbocycles. The summed E-state index contributed by atoms with van der Waals surface area (Å²) in [6.45, 7) is 4.30. The van der Waals surface area contributed by atoms with E-state index in [1.54, 1.807) is 0 Å². The summed E-state index contributed by atoms with van der Waals surface area (Å²) in [5, 5.41) is 3.13. The van der Waals surface area contributed by atoms with Gasteiger partial charge in [-0.2, -0.15) is 0 Å². The molecule has 1 nitrogen and oxygen atoms in total. The van der Waals surface area contributed by atoms with E-state index in [0.717, 1.165) is 5.69 Å². The number of benzene rings is 2. The molecule has 0 fully saturated rings. The second-order valence-corrected chi connectivity index (χ2v) is 4.13. The highest BCUT2D eigenvalue weighted by Gasteiger charge is 1.99. The molecule has 0 unspecified atom stereocenters. The summed E-state index contributed by atoms with van der Waals surface area (Å²) >= 11 is 0. The van der Waals surface area contributed by atoms with E-state index in [-0.39, 0.29) is 0 Å². The molecule has 0 radical (unpaired) electrons. The summed E-state index contributed by atoms with van der Waals surface area (Å²) in [6.07, 6.45) is 0. The molecule has 0 bridgehead atoms. The van der Waals surface area contributed by atoms with Crippen molar-refractivity contribution in [3.63, 3.8) is 0 Å². The van der Waals surface area contributed by atoms with Crippen molar-refractivity contribution in [2.24, 2.45) is 0 Å². The Morgan fingerprint density at radius 3 is 1.94 bits per heavy atom. The van der Waals surface area contributed by atoms with Gasteiger partial charge < -0.3 is 5.32 Å². The van der Waals surface area contributed by atoms with Crippen LogP contribution in [0.4, 0.5) is 5.69 Å². The molecular weight excluding hydrogens is 194 g/mol. The van der Waals surface area contributed by atoms with Gasteiger partial charge in [-0.15, -0.1) is 0 Å². The zero-order chi connectivity index (χ0) is 11.5. The van der Waals surface area contributed by atoms with Crippen molar-refractivity contribution in [2.45, 2.75) is 13.8 Å². The SMILES string of the molecule is CNc1ccc(-c2ccc(C)c(C)c2)cc1. The Hall–Kier alpha value is -1.76. The van der Waals surface area contributed by atoms with Gasteiger partial charge in [0, 0.05) is 12.7 Å². The van der Waals surface area contributed by atoms with Crippen LogP contribution in [0.5, 0.6) is 0 Å². The first kappa shape index (κ1) is 10.7. The third kappa shape index (κ3) is 2.08. The lowest BCUT2D eigenvalue weighted by Crippen LogP contribution is -1.87. The molecule has 0 amide bonds. The topological polar surface area (TPSA) is 12.0 Å². The van der Waals surface area contributed by atoms with Crippen molar-refractivity contribution in [3.05, 3.63) is 53.6 Å². The summed E-state index contributed by atoms with van der Waals surface area (Å²) < 4.78 is 0. The van der Waals surface area contributed by atoms with Crippen LogP contribution in [0.2, 0.25) is 0 Å². The zero-order valence-electron chi connectivity index (χ0n) is 10.0. The maximum Gasteiger partial charge on any atom is 0.0337 e. The Kier molecular flexibility index (Phi) is 2.95. The number of hydrogen-bond acceptors (Lipinski definition) is 1. The van der Waals surface area contributed by atoms with Crippen molar-refractivity contribution in [2.75, 3.05) is 12.4 Å². The Balaban J connectivity index is 2.38. The second kappa shape index (κ2) is 4.40. The minimum atomic E-state index is 1.15. The molecule has 0 atom stereocenters. The number of aryl methyl sites for hydroxylation is 2. The van der Waals surface area contributed by atoms with Crippen LogP contribution in [0, 0.1) is 13.8 Å². The highest BCUT2D eigenvalue weighted by Crippen LogP contribution is 2.23. The first-order chi connectivity index (χ1) is 7.70. The molecule has 0 heterocycles. The van der Waals surface area contributed by atoms with Gasteiger partial charge in [0.25, 0.3) is 0 Å². The van der Waals surface area contributed by atoms with Crippen LogP contribution in [-0.4, -0.2) is 7.05 Å². The maximum atomic E-state index is 3.13. The molecule has 0 aliphatic rings. The molecule has 1 N–H and O–H groups in total. The molecule has 1 heteroatoms. The molecule has 0 spiro atoms. The maximum absolute atomic E-state index is 3.13. The third-order valence-electron chi connectivity index (χ3n) is 3.01. The molecule has 2 rings (SSSR count). The molecular formula is C15H17N. The van der Waals surface area contributed by atoms with E-state index in [1.807, 2.05) is 7.05 Å². The number of anilines is 1. The highest BCUT2D eigenvalue weighted by molar-refractivity contribution is 5.67. The first-order valence-electron chi connectivity index (χ1n) is 5.56. The fourth-order valence-corrected chi connectivity index (χ4v) is 1.75. The first-order valence-corrected chi connectivity index (χ1v) is 5.56. The average molecular weight is 211 g/mol. The monoisotopic (exact) mass is 211 g/mol. The van der Waals surface area contributed by atoms with Gasteiger partial charge in [0.15, 0.2) is 0 Å². The second-order valence-electron chi connectivity index (χ2n) is 4.13. The minimum Gasteiger partial charge on any atom is -0.388 e. The lowest BCUT2D eigenvalue weighted by molar-refractivity contribution is 1.34. The summed E-state index contributed by atoms with van der Waals surface area (Å²) in [5.41, 5.74) is 6.38. The predicted molar refractivity (Wildman–Crippen MR) is 70.9 cm³/mol. The highest BCUT2D eigenvalue weighted by atomic mass is 14.8. The van der Waals surface area contributed by atoms with E-state index >= 15 is 0 Å². The zero-order valence-corrected chi connectivity index (χ0v) is 10.0. The fourth-order valence-electron chi connectivity index (χ4n) is 1.75. The molecule has 82 valence electrons. The molecule has 0 saturated heterocycles. The Labute approximate surface area is 97.1 Å². The number of nitrogens with one attached hydrogen (secondary N) is 1. The minimum absolute atomic E-state index is 1.15. The summed E-state index contributed by atoms with van der Waals surface area (Å²) in [5.74, 6) is 0. The quantitative estimate of drug-likeness (QED) is 0.791. The number of hydrogen-bond donors (Lipinski definition) is 1. The normalized spacial score (nSPS) is 10.2. The van der Waals surface area contributed by atoms with Crippen molar-refractivity contribution in [1.82, 2.24) is 0 Å². The van der Waals surface area contributed by atoms with E-state index in [4.69, 9.17) is 0 Å². The van der Waals surface area contributed by atoms with Gasteiger partial charge in [-0.25, -0.2) is 0 Å². The van der Waals surface area contributed by atoms with E-state index in [2.05, 4.69) is 61.6 Å². The van der Waals surface area contributed by atoms with Crippen LogP contribution in [-0.2, 0) is 0 Å². The van der Waals surface area contributed by atoms with Gasteiger partial charge in [-0.1, -0.05) is 30.3 Å². The largest absolute Gasteiger partial charge is 0.388 e. The van der Waals surface area contributed by atoms with Crippen LogP contribution in [0.25, 0.3) is 11.1 Å². The Morgan fingerprint density at radius 2 is 1.38 bits per heavy atom. The average Bonchev–Trinajstić information content (AvgIpc) is 2.33. The summed E-state index contributed by atoms with van der Waals surface area (Å²) in [4.78, 5) is 0. The van der Waals surface area contributed by atoms with Gasteiger partial charge in [-0.3, -0.25) is 0 Å². The van der Waals surface area contributed by atoms with Crippen molar-refractivity contribution in [3.8, 4) is 11.1 Å². The smallest absolute Gasteiger partial charge is 0.0337 e. The van der Waals surface area contributed by atoms with Crippen LogP contribution in [0.15, 0.2) is 42.5 Å². The van der Waals surface area contributed by atoms with E-state index < -0.39 is 0 Å². The van der Waals surface area contributed by atoms with Crippen molar-refractivity contribution in [1.29, 1.82) is 0 Å². The summed E-state index contributed by atoms with van der Waals surface area (Å²) in [6, 6.07) is 15.1. The number of rotatable bonds is 2. The molecule has 0 aliphatic heterocycles. The van der Waals surface area contributed by atoms with Gasteiger partial charge in [0.05, 0.1) is 0 Å². The molecule has 2 aromatic rings. The van der Waals surface area contributed by atoms with Crippen LogP contribution in [0.3, 0.4) is 0 Å². The Bertz CT molecular complexity index is 483. The molecule has 2 aromatic carbocycles. The van der Waals surface area contributed by atoms with Crippen LogP contribution >= 0.6 is 0 Å². The summed E-state index contributed by atoms with van der Waals surface area (Å²) in [7, 11) is 1.94. The lowest BCUT2D eigenvalue weighted by Gasteiger charge is -2.06. The van der Waals surface area contributed by atoms with E-state index in [0.29, 0.717) is 0 Å². The van der Waals surface area contributed by atoms with Crippen LogP contribution in [0.1, 0.15) is 11.1 Å². The Morgan fingerprint density at radius 1 is 0.750 bits per heavy atom. The third-order valence-corrected chi connectivity index (χ3v) is 3.01. The van der Waals surface area contributed by atoms with Crippen molar-refractivity contribution >= 4 is 5.69 Å². The molecule has 16 heavy (non-hydrogen) atoms.